The van der Waals surface area contributed by atoms with E-state index in [9.17, 15) is 4.79 Å². The van der Waals surface area contributed by atoms with Gasteiger partial charge in [0, 0.05) is 33.1 Å². The molecule has 1 aromatic heterocycles. The van der Waals surface area contributed by atoms with Crippen molar-refractivity contribution in [3.63, 3.8) is 0 Å². The second kappa shape index (κ2) is 7.40. The molecule has 0 bridgehead atoms. The van der Waals surface area contributed by atoms with E-state index >= 15 is 0 Å². The van der Waals surface area contributed by atoms with Crippen LogP contribution in [0.3, 0.4) is 0 Å². The largest absolute Gasteiger partial charge is 0.463 e. The first-order valence-corrected chi connectivity index (χ1v) is 7.52. The first-order chi connectivity index (χ1) is 10.1. The molecule has 1 aliphatic heterocycles. The zero-order valence-electron chi connectivity index (χ0n) is 12.4. The third-order valence-electron chi connectivity index (χ3n) is 3.24. The van der Waals surface area contributed by atoms with E-state index in [1.807, 2.05) is 16.7 Å². The molecule has 0 atom stereocenters. The van der Waals surface area contributed by atoms with Gasteiger partial charge < -0.3 is 14.5 Å². The van der Waals surface area contributed by atoms with Crippen molar-refractivity contribution in [2.24, 2.45) is 0 Å². The average Bonchev–Trinajstić information content (AvgIpc) is 2.70. The minimum Gasteiger partial charge on any atom is -0.463 e. The summed E-state index contributed by atoms with van der Waals surface area (Å²) < 4.78 is 5.42. The molecule has 1 aromatic rings. The molecule has 0 radical (unpaired) electrons. The highest BCUT2D eigenvalue weighted by Crippen LogP contribution is 2.17. The summed E-state index contributed by atoms with van der Waals surface area (Å²) in [5.74, 6) is 0.601. The molecule has 0 N–H and O–H groups in total. The Hall–Kier alpha value is -1.63. The summed E-state index contributed by atoms with van der Waals surface area (Å²) in [7, 11) is 0. The van der Waals surface area contributed by atoms with Crippen LogP contribution in [0.4, 0.5) is 5.95 Å². The molecule has 1 aliphatic rings. The van der Waals surface area contributed by atoms with Gasteiger partial charge in [-0.15, -0.1) is 0 Å². The predicted molar refractivity (Wildman–Crippen MR) is 79.7 cm³/mol. The van der Waals surface area contributed by atoms with Crippen molar-refractivity contribution in [2.45, 2.75) is 26.7 Å². The lowest BCUT2D eigenvalue weighted by molar-refractivity contribution is -0.128. The number of anilines is 1. The number of hydrogen-bond donors (Lipinski definition) is 0. The van der Waals surface area contributed by atoms with Crippen molar-refractivity contribution in [2.75, 3.05) is 37.7 Å². The minimum absolute atomic E-state index is 0.0949. The Morgan fingerprint density at radius 1 is 1.24 bits per heavy atom. The van der Waals surface area contributed by atoms with Gasteiger partial charge in [-0.25, -0.2) is 0 Å². The molecule has 2 rings (SSSR count). The van der Waals surface area contributed by atoms with Crippen LogP contribution in [-0.4, -0.2) is 58.5 Å². The maximum Gasteiger partial charge on any atom is 0.322 e. The number of carbonyl (C=O) groups is 1. The van der Waals surface area contributed by atoms with E-state index in [2.05, 4.69) is 15.0 Å². The highest BCUT2D eigenvalue weighted by Gasteiger charge is 2.19. The van der Waals surface area contributed by atoms with Gasteiger partial charge in [0.05, 0.1) is 6.61 Å². The van der Waals surface area contributed by atoms with Crippen molar-refractivity contribution < 1.29 is 9.53 Å². The van der Waals surface area contributed by atoms with Crippen LogP contribution in [0, 0.1) is 0 Å². The van der Waals surface area contributed by atoms with Crippen LogP contribution in [0.5, 0.6) is 6.01 Å². The number of amides is 1. The summed E-state index contributed by atoms with van der Waals surface area (Å²) >= 11 is 5.93. The molecule has 1 saturated heterocycles. The summed E-state index contributed by atoms with van der Waals surface area (Å²) in [6.07, 6.45) is 1.74. The Labute approximate surface area is 129 Å². The summed E-state index contributed by atoms with van der Waals surface area (Å²) in [4.78, 5) is 27.7. The first kappa shape index (κ1) is 15.8. The topological polar surface area (TPSA) is 71.5 Å². The molecule has 0 aliphatic carbocycles. The molecular weight excluding hydrogens is 294 g/mol. The van der Waals surface area contributed by atoms with Gasteiger partial charge in [0.1, 0.15) is 0 Å². The highest BCUT2D eigenvalue weighted by atomic mass is 35.5. The minimum atomic E-state index is 0.0949. The zero-order valence-corrected chi connectivity index (χ0v) is 13.1. The van der Waals surface area contributed by atoms with E-state index in [0.717, 1.165) is 25.9 Å². The van der Waals surface area contributed by atoms with Gasteiger partial charge >= 0.3 is 6.01 Å². The van der Waals surface area contributed by atoms with Crippen molar-refractivity contribution in [1.82, 2.24) is 19.9 Å². The van der Waals surface area contributed by atoms with Crippen molar-refractivity contribution in [3.05, 3.63) is 5.28 Å². The van der Waals surface area contributed by atoms with Crippen molar-refractivity contribution >= 4 is 23.5 Å². The molecule has 0 aromatic carbocycles. The van der Waals surface area contributed by atoms with Gasteiger partial charge in [0.15, 0.2) is 0 Å². The molecule has 0 saturated carbocycles. The number of halogens is 1. The van der Waals surface area contributed by atoms with Crippen LogP contribution in [0.1, 0.15) is 26.7 Å². The Kier molecular flexibility index (Phi) is 5.55. The van der Waals surface area contributed by atoms with Crippen molar-refractivity contribution in [3.8, 4) is 6.01 Å². The zero-order chi connectivity index (χ0) is 15.2. The van der Waals surface area contributed by atoms with Crippen LogP contribution < -0.4 is 9.64 Å². The van der Waals surface area contributed by atoms with E-state index in [1.54, 1.807) is 6.92 Å². The van der Waals surface area contributed by atoms with Gasteiger partial charge in [0.25, 0.3) is 0 Å². The molecule has 21 heavy (non-hydrogen) atoms. The Morgan fingerprint density at radius 2 is 2.05 bits per heavy atom. The molecule has 0 spiro atoms. The monoisotopic (exact) mass is 313 g/mol. The van der Waals surface area contributed by atoms with Crippen LogP contribution in [0.25, 0.3) is 0 Å². The summed E-state index contributed by atoms with van der Waals surface area (Å²) in [5, 5.41) is 0.124. The van der Waals surface area contributed by atoms with Crippen molar-refractivity contribution in [1.29, 1.82) is 0 Å². The normalized spacial score (nSPS) is 15.8. The Morgan fingerprint density at radius 3 is 2.76 bits per heavy atom. The lowest BCUT2D eigenvalue weighted by Gasteiger charge is -2.21. The number of aromatic nitrogens is 3. The van der Waals surface area contributed by atoms with E-state index in [-0.39, 0.29) is 17.2 Å². The Bertz CT molecular complexity index is 499. The van der Waals surface area contributed by atoms with Gasteiger partial charge in [-0.2, -0.15) is 15.0 Å². The van der Waals surface area contributed by atoms with Gasteiger partial charge in [-0.05, 0) is 24.4 Å². The van der Waals surface area contributed by atoms with Crippen LogP contribution in [0.2, 0.25) is 5.28 Å². The molecule has 116 valence electrons. The summed E-state index contributed by atoms with van der Waals surface area (Å²) in [5.41, 5.74) is 0. The number of carbonyl (C=O) groups excluding carboxylic acids is 1. The van der Waals surface area contributed by atoms with Gasteiger partial charge in [-0.1, -0.05) is 6.92 Å². The third kappa shape index (κ3) is 4.42. The molecular formula is C13H20ClN5O2. The predicted octanol–water partition coefficient (Wildman–Crippen LogP) is 1.37. The van der Waals surface area contributed by atoms with E-state index < -0.39 is 0 Å². The second-order valence-corrected chi connectivity index (χ2v) is 5.22. The summed E-state index contributed by atoms with van der Waals surface area (Å²) in [6, 6.07) is 0.250. The fourth-order valence-corrected chi connectivity index (χ4v) is 2.30. The summed E-state index contributed by atoms with van der Waals surface area (Å²) in [6.45, 7) is 7.00. The second-order valence-electron chi connectivity index (χ2n) is 4.88. The highest BCUT2D eigenvalue weighted by molar-refractivity contribution is 6.28. The fraction of sp³-hybridized carbons (Fsp3) is 0.692. The van der Waals surface area contributed by atoms with E-state index in [0.29, 0.717) is 25.6 Å². The van der Waals surface area contributed by atoms with Crippen LogP contribution in [-0.2, 0) is 4.79 Å². The average molecular weight is 314 g/mol. The molecule has 1 fully saturated rings. The smallest absolute Gasteiger partial charge is 0.322 e. The maximum absolute atomic E-state index is 11.4. The lowest BCUT2D eigenvalue weighted by atomic mass is 10.4. The third-order valence-corrected chi connectivity index (χ3v) is 3.40. The van der Waals surface area contributed by atoms with Crippen LogP contribution >= 0.6 is 11.6 Å². The lowest BCUT2D eigenvalue weighted by Crippen LogP contribution is -2.34. The number of hydrogen-bond acceptors (Lipinski definition) is 6. The van der Waals surface area contributed by atoms with Gasteiger partial charge in [-0.3, -0.25) is 4.79 Å². The number of nitrogens with zero attached hydrogens (tertiary/aromatic N) is 5. The standard InChI is InChI=1S/C13H20ClN5O2/c1-3-9-21-13-16-11(14)15-12(17-13)19-6-4-5-18(7-8-19)10(2)20/h3-9H2,1-2H3. The number of ether oxygens (including phenoxy) is 1. The number of rotatable bonds is 4. The first-order valence-electron chi connectivity index (χ1n) is 7.15. The van der Waals surface area contributed by atoms with E-state index in [4.69, 9.17) is 16.3 Å². The molecule has 0 unspecified atom stereocenters. The SMILES string of the molecule is CCCOc1nc(Cl)nc(N2CCCN(C(C)=O)CC2)n1. The van der Waals surface area contributed by atoms with Crippen LogP contribution in [0.15, 0.2) is 0 Å². The molecule has 2 heterocycles. The maximum atomic E-state index is 11.4. The molecule has 1 amide bonds. The molecule has 8 heteroatoms. The quantitative estimate of drug-likeness (QED) is 0.836. The van der Waals surface area contributed by atoms with E-state index in [1.165, 1.54) is 0 Å². The van der Waals surface area contributed by atoms with Gasteiger partial charge in [0.2, 0.25) is 17.1 Å². The Balaban J connectivity index is 2.10. The fourth-order valence-electron chi connectivity index (χ4n) is 2.15. The molecule has 7 nitrogen and oxygen atoms in total.